The number of carbonyl (C=O) groups excluding carboxylic acids is 1. The first-order chi connectivity index (χ1) is 11.0. The molecule has 1 fully saturated rings. The van der Waals surface area contributed by atoms with Crippen LogP contribution in [0.2, 0.25) is 0 Å². The molecule has 1 aliphatic heterocycles. The van der Waals surface area contributed by atoms with Crippen molar-refractivity contribution in [3.63, 3.8) is 0 Å². The maximum atomic E-state index is 12.1. The summed E-state index contributed by atoms with van der Waals surface area (Å²) >= 11 is 8.03. The first-order valence-corrected chi connectivity index (χ1v) is 8.95. The van der Waals surface area contributed by atoms with Crippen LogP contribution in [0.3, 0.4) is 0 Å². The van der Waals surface area contributed by atoms with Gasteiger partial charge >= 0.3 is 0 Å². The van der Waals surface area contributed by atoms with Gasteiger partial charge in [-0.3, -0.25) is 4.79 Å². The minimum atomic E-state index is -0.207. The second-order valence-corrected chi connectivity index (χ2v) is 7.46. The van der Waals surface area contributed by atoms with Crippen LogP contribution >= 0.6 is 43.6 Å². The van der Waals surface area contributed by atoms with Gasteiger partial charge in [0.1, 0.15) is 5.75 Å². The predicted octanol–water partition coefficient (Wildman–Crippen LogP) is 4.81. The van der Waals surface area contributed by atoms with Gasteiger partial charge in [0.05, 0.1) is 10.6 Å². The zero-order valence-corrected chi connectivity index (χ0v) is 15.6. The molecule has 1 heterocycles. The van der Waals surface area contributed by atoms with Gasteiger partial charge in [-0.2, -0.15) is 0 Å². The van der Waals surface area contributed by atoms with Crippen LogP contribution in [-0.2, 0) is 4.79 Å². The molecule has 0 bridgehead atoms. The Kier molecular flexibility index (Phi) is 4.89. The highest BCUT2D eigenvalue weighted by Crippen LogP contribution is 2.31. The van der Waals surface area contributed by atoms with Gasteiger partial charge in [-0.15, -0.1) is 0 Å². The molecule has 2 aromatic rings. The number of phenols is 1. The number of nitrogens with one attached hydrogen (secondary N) is 1. The number of thioether (sulfide) groups is 1. The normalized spacial score (nSPS) is 17.7. The average molecular weight is 454 g/mol. The van der Waals surface area contributed by atoms with E-state index in [2.05, 4.69) is 42.2 Å². The molecule has 1 amide bonds. The van der Waals surface area contributed by atoms with Crippen LogP contribution in [0, 0.1) is 0 Å². The monoisotopic (exact) mass is 452 g/mol. The molecule has 0 saturated carbocycles. The summed E-state index contributed by atoms with van der Waals surface area (Å²) in [5.41, 5.74) is 1.49. The van der Waals surface area contributed by atoms with Crippen molar-refractivity contribution < 1.29 is 9.90 Å². The van der Waals surface area contributed by atoms with Crippen LogP contribution in [0.25, 0.3) is 6.08 Å². The Bertz CT molecular complexity index is 832. The molecular weight excluding hydrogens is 444 g/mol. The molecule has 3 rings (SSSR count). The van der Waals surface area contributed by atoms with Crippen LogP contribution in [-0.4, -0.2) is 16.2 Å². The van der Waals surface area contributed by atoms with Crippen LogP contribution in [0.1, 0.15) is 5.56 Å². The lowest BCUT2D eigenvalue weighted by molar-refractivity contribution is -0.115. The van der Waals surface area contributed by atoms with Crippen molar-refractivity contribution in [3.05, 3.63) is 61.9 Å². The van der Waals surface area contributed by atoms with E-state index < -0.39 is 0 Å². The molecule has 0 unspecified atom stereocenters. The Morgan fingerprint density at radius 3 is 2.61 bits per heavy atom. The van der Waals surface area contributed by atoms with E-state index in [4.69, 9.17) is 0 Å². The standard InChI is InChI=1S/C16H10Br2N2O2S/c17-10-1-3-11(4-2-10)19-16-20-15(22)14(23-16)8-9-7-12(21)5-6-13(9)18/h1-8,21H,(H,19,20,22)/b14-8-. The number of aromatic hydroxyl groups is 1. The van der Waals surface area contributed by atoms with Gasteiger partial charge in [-0.1, -0.05) is 31.9 Å². The molecule has 116 valence electrons. The highest BCUT2D eigenvalue weighted by atomic mass is 79.9. The second-order valence-electron chi connectivity index (χ2n) is 4.66. The third kappa shape index (κ3) is 4.04. The SMILES string of the molecule is O=C1NC(=Nc2ccc(Br)cc2)S/C1=C\c1cc(O)ccc1Br. The third-order valence-electron chi connectivity index (χ3n) is 2.97. The van der Waals surface area contributed by atoms with Crippen molar-refractivity contribution in [1.29, 1.82) is 0 Å². The number of benzene rings is 2. The summed E-state index contributed by atoms with van der Waals surface area (Å²) in [5, 5.41) is 12.8. The van der Waals surface area contributed by atoms with E-state index in [0.29, 0.717) is 10.1 Å². The van der Waals surface area contributed by atoms with Crippen molar-refractivity contribution in [2.24, 2.45) is 4.99 Å². The first-order valence-electron chi connectivity index (χ1n) is 6.55. The van der Waals surface area contributed by atoms with Gasteiger partial charge in [-0.25, -0.2) is 4.99 Å². The highest BCUT2D eigenvalue weighted by Gasteiger charge is 2.24. The van der Waals surface area contributed by atoms with Gasteiger partial charge in [-0.05, 0) is 65.9 Å². The first kappa shape index (κ1) is 16.3. The maximum absolute atomic E-state index is 12.1. The average Bonchev–Trinajstić information content (AvgIpc) is 2.85. The van der Waals surface area contributed by atoms with Crippen LogP contribution in [0.4, 0.5) is 5.69 Å². The minimum absolute atomic E-state index is 0.146. The topological polar surface area (TPSA) is 61.7 Å². The molecule has 0 atom stereocenters. The molecule has 0 aliphatic carbocycles. The number of carbonyl (C=O) groups is 1. The van der Waals surface area contributed by atoms with Crippen LogP contribution in [0.5, 0.6) is 5.75 Å². The number of aliphatic imine (C=N–C) groups is 1. The Labute approximate surface area is 154 Å². The largest absolute Gasteiger partial charge is 0.508 e. The lowest BCUT2D eigenvalue weighted by Gasteiger charge is -2.00. The number of halogens is 2. The van der Waals surface area contributed by atoms with E-state index in [0.717, 1.165) is 20.2 Å². The van der Waals surface area contributed by atoms with E-state index in [9.17, 15) is 9.90 Å². The van der Waals surface area contributed by atoms with Gasteiger partial charge in [0.2, 0.25) is 0 Å². The van der Waals surface area contributed by atoms with Crippen molar-refractivity contribution in [1.82, 2.24) is 5.32 Å². The summed E-state index contributed by atoms with van der Waals surface area (Å²) in [6.07, 6.45) is 1.72. The van der Waals surface area contributed by atoms with E-state index in [1.54, 1.807) is 24.3 Å². The van der Waals surface area contributed by atoms with Crippen LogP contribution < -0.4 is 5.32 Å². The zero-order valence-electron chi connectivity index (χ0n) is 11.6. The van der Waals surface area contributed by atoms with E-state index in [-0.39, 0.29) is 11.7 Å². The molecule has 0 spiro atoms. The van der Waals surface area contributed by atoms with E-state index in [1.807, 2.05) is 24.3 Å². The number of rotatable bonds is 2. The number of phenolic OH excluding ortho intramolecular Hbond substituents is 1. The molecule has 0 radical (unpaired) electrons. The summed E-state index contributed by atoms with van der Waals surface area (Å²) in [6.45, 7) is 0. The van der Waals surface area contributed by atoms with Crippen LogP contribution in [0.15, 0.2) is 61.3 Å². The fourth-order valence-corrected chi connectivity index (χ4v) is 3.35. The molecule has 23 heavy (non-hydrogen) atoms. The van der Waals surface area contributed by atoms with Crippen molar-refractivity contribution in [2.45, 2.75) is 0 Å². The number of hydrogen-bond acceptors (Lipinski definition) is 4. The molecule has 4 nitrogen and oxygen atoms in total. The van der Waals surface area contributed by atoms with E-state index in [1.165, 1.54) is 11.8 Å². The Morgan fingerprint density at radius 1 is 1.13 bits per heavy atom. The van der Waals surface area contributed by atoms with Crippen molar-refractivity contribution >= 4 is 66.5 Å². The third-order valence-corrected chi connectivity index (χ3v) is 5.14. The molecule has 2 N–H and O–H groups in total. The van der Waals surface area contributed by atoms with Gasteiger partial charge < -0.3 is 10.4 Å². The minimum Gasteiger partial charge on any atom is -0.508 e. The molecular formula is C16H10Br2N2O2S. The lowest BCUT2D eigenvalue weighted by atomic mass is 10.2. The highest BCUT2D eigenvalue weighted by molar-refractivity contribution is 9.10. The van der Waals surface area contributed by atoms with Crippen molar-refractivity contribution in [2.75, 3.05) is 0 Å². The smallest absolute Gasteiger partial charge is 0.264 e. The quantitative estimate of drug-likeness (QED) is 0.641. The van der Waals surface area contributed by atoms with Gasteiger partial charge in [0.15, 0.2) is 5.17 Å². The molecule has 1 saturated heterocycles. The predicted molar refractivity (Wildman–Crippen MR) is 101 cm³/mol. The molecule has 7 heteroatoms. The van der Waals surface area contributed by atoms with Gasteiger partial charge in [0.25, 0.3) is 5.91 Å². The number of amidine groups is 1. The Morgan fingerprint density at radius 2 is 1.87 bits per heavy atom. The maximum Gasteiger partial charge on any atom is 0.264 e. The summed E-state index contributed by atoms with van der Waals surface area (Å²) in [5.74, 6) is -0.0617. The molecule has 0 aromatic heterocycles. The van der Waals surface area contributed by atoms with Gasteiger partial charge in [0, 0.05) is 8.95 Å². The summed E-state index contributed by atoms with van der Waals surface area (Å²) < 4.78 is 1.77. The zero-order chi connectivity index (χ0) is 16.4. The lowest BCUT2D eigenvalue weighted by Crippen LogP contribution is -2.19. The number of hydrogen-bond donors (Lipinski definition) is 2. The summed E-state index contributed by atoms with van der Waals surface area (Å²) in [6, 6.07) is 12.4. The molecule has 2 aromatic carbocycles. The van der Waals surface area contributed by atoms with Crippen molar-refractivity contribution in [3.8, 4) is 5.75 Å². The Hall–Kier alpha value is -1.57. The molecule has 1 aliphatic rings. The summed E-state index contributed by atoms with van der Waals surface area (Å²) in [4.78, 5) is 17.0. The Balaban J connectivity index is 1.86. The summed E-state index contributed by atoms with van der Waals surface area (Å²) in [7, 11) is 0. The number of nitrogens with zero attached hydrogens (tertiary/aromatic N) is 1. The number of amides is 1. The fourth-order valence-electron chi connectivity index (χ4n) is 1.90. The second kappa shape index (κ2) is 6.90. The fraction of sp³-hybridized carbons (Fsp3) is 0. The van der Waals surface area contributed by atoms with E-state index >= 15 is 0 Å².